The number of nitrogens with one attached hydrogen (secondary N) is 1. The van der Waals surface area contributed by atoms with Crippen LogP contribution in [0.1, 0.15) is 48.9 Å². The Morgan fingerprint density at radius 2 is 1.86 bits per heavy atom. The van der Waals surface area contributed by atoms with Crippen LogP contribution in [0.2, 0.25) is 5.02 Å². The van der Waals surface area contributed by atoms with Gasteiger partial charge in [0.2, 0.25) is 0 Å². The number of hydrogen-bond acceptors (Lipinski definition) is 6. The van der Waals surface area contributed by atoms with Crippen molar-refractivity contribution in [1.29, 1.82) is 0 Å². The van der Waals surface area contributed by atoms with E-state index in [9.17, 15) is 9.90 Å². The summed E-state index contributed by atoms with van der Waals surface area (Å²) in [5, 5.41) is 14.6. The number of ketones is 1. The molecule has 0 unspecified atom stereocenters. The number of fused-ring (bicyclic) bond motifs is 1. The number of ether oxygens (including phenoxy) is 1. The summed E-state index contributed by atoms with van der Waals surface area (Å²) in [6.45, 7) is 0. The Morgan fingerprint density at radius 3 is 2.50 bits per heavy atom. The number of carbonyl (C=O) groups is 1. The van der Waals surface area contributed by atoms with E-state index in [2.05, 4.69) is 29.3 Å². The van der Waals surface area contributed by atoms with E-state index in [0.29, 0.717) is 33.6 Å². The number of Topliss-reactive ketones (excluding diaryl/α,β-unsaturated/α-hetero) is 1. The maximum Gasteiger partial charge on any atom is 0.176 e. The first-order chi connectivity index (χ1) is 17.3. The van der Waals surface area contributed by atoms with E-state index in [1.54, 1.807) is 18.3 Å². The molecule has 2 aliphatic carbocycles. The number of phenolic OH excluding ortho intramolecular Hbond substituents is 1. The molecule has 2 saturated carbocycles. The molecule has 36 heavy (non-hydrogen) atoms. The van der Waals surface area contributed by atoms with E-state index in [1.165, 1.54) is 19.2 Å². The molecular formula is C28H31ClFN3O3. The molecule has 2 aliphatic rings. The molecule has 2 aromatic carbocycles. The van der Waals surface area contributed by atoms with Crippen molar-refractivity contribution in [1.82, 2.24) is 9.88 Å². The van der Waals surface area contributed by atoms with Gasteiger partial charge in [-0.1, -0.05) is 11.6 Å². The second kappa shape index (κ2) is 9.87. The van der Waals surface area contributed by atoms with Crippen LogP contribution >= 0.6 is 11.6 Å². The second-order valence-electron chi connectivity index (χ2n) is 10.2. The van der Waals surface area contributed by atoms with Crippen molar-refractivity contribution in [3.8, 4) is 22.6 Å². The number of aromatic nitrogens is 1. The van der Waals surface area contributed by atoms with Gasteiger partial charge in [0, 0.05) is 41.2 Å². The summed E-state index contributed by atoms with van der Waals surface area (Å²) in [5.74, 6) is -0.386. The van der Waals surface area contributed by atoms with E-state index in [-0.39, 0.29) is 34.3 Å². The fourth-order valence-electron chi connectivity index (χ4n) is 5.17. The number of nitrogens with zero attached hydrogens (tertiary/aromatic N) is 2. The molecule has 2 N–H and O–H groups in total. The lowest BCUT2D eigenvalue weighted by Crippen LogP contribution is -2.36. The summed E-state index contributed by atoms with van der Waals surface area (Å²) in [5.41, 5.74) is 2.53. The van der Waals surface area contributed by atoms with Crippen LogP contribution in [0.25, 0.3) is 22.0 Å². The molecule has 0 radical (unpaired) electrons. The van der Waals surface area contributed by atoms with Gasteiger partial charge in [-0.25, -0.2) is 4.39 Å². The normalized spacial score (nSPS) is 20.1. The molecule has 1 aromatic heterocycles. The molecule has 8 heteroatoms. The third-order valence-electron chi connectivity index (χ3n) is 7.51. The minimum Gasteiger partial charge on any atom is -0.503 e. The number of pyridine rings is 1. The minimum atomic E-state index is -0.475. The highest BCUT2D eigenvalue weighted by Crippen LogP contribution is 2.42. The Balaban J connectivity index is 1.61. The zero-order valence-corrected chi connectivity index (χ0v) is 21.5. The van der Waals surface area contributed by atoms with E-state index < -0.39 is 5.82 Å². The SMILES string of the molecule is COc1cc(-c2cc3c(NC4CCC(N(C)C)CC4)c(C(=O)C4CC4)cnc3cc2F)cc(Cl)c1O. The molecule has 5 rings (SSSR count). The number of rotatable bonds is 7. The second-order valence-corrected chi connectivity index (χ2v) is 10.6. The molecule has 190 valence electrons. The molecule has 1 heterocycles. The highest BCUT2D eigenvalue weighted by atomic mass is 35.5. The van der Waals surface area contributed by atoms with Crippen molar-refractivity contribution < 1.29 is 19.0 Å². The van der Waals surface area contributed by atoms with Crippen molar-refractivity contribution in [3.05, 3.63) is 46.9 Å². The summed E-state index contributed by atoms with van der Waals surface area (Å²) in [6.07, 6.45) is 7.51. The summed E-state index contributed by atoms with van der Waals surface area (Å²) in [4.78, 5) is 20.0. The minimum absolute atomic E-state index is 0.0364. The van der Waals surface area contributed by atoms with Crippen molar-refractivity contribution in [2.75, 3.05) is 26.5 Å². The van der Waals surface area contributed by atoms with Gasteiger partial charge in [0.1, 0.15) is 5.82 Å². The van der Waals surface area contributed by atoms with E-state index in [4.69, 9.17) is 16.3 Å². The number of benzene rings is 2. The maximum absolute atomic E-state index is 15.3. The Kier molecular flexibility index (Phi) is 6.79. The standard InChI is InChI=1S/C28H31ClFN3O3/c1-33(2)18-8-6-17(7-9-18)32-26-20-12-19(16-10-22(29)28(35)25(11-16)36-3)23(30)13-24(20)31-14-21(26)27(34)15-4-5-15/h10-15,17-18,35H,4-9H2,1-3H3,(H,31,32). The van der Waals surface area contributed by atoms with Crippen molar-refractivity contribution in [2.45, 2.75) is 50.6 Å². The van der Waals surface area contributed by atoms with E-state index >= 15 is 4.39 Å². The Bertz CT molecular complexity index is 1320. The molecular weight excluding hydrogens is 481 g/mol. The van der Waals surface area contributed by atoms with Crippen LogP contribution in [0.4, 0.5) is 10.1 Å². The van der Waals surface area contributed by atoms with Crippen molar-refractivity contribution in [2.24, 2.45) is 5.92 Å². The smallest absolute Gasteiger partial charge is 0.176 e. The Morgan fingerprint density at radius 1 is 1.14 bits per heavy atom. The number of halogens is 2. The highest BCUT2D eigenvalue weighted by molar-refractivity contribution is 6.32. The molecule has 0 bridgehead atoms. The highest BCUT2D eigenvalue weighted by Gasteiger charge is 2.33. The third-order valence-corrected chi connectivity index (χ3v) is 7.79. The van der Waals surface area contributed by atoms with Crippen LogP contribution in [0, 0.1) is 11.7 Å². The van der Waals surface area contributed by atoms with Crippen LogP contribution in [0.5, 0.6) is 11.5 Å². The van der Waals surface area contributed by atoms with Crippen LogP contribution in [-0.4, -0.2) is 54.1 Å². The lowest BCUT2D eigenvalue weighted by atomic mass is 9.89. The van der Waals surface area contributed by atoms with Gasteiger partial charge in [0.25, 0.3) is 0 Å². The van der Waals surface area contributed by atoms with Crippen LogP contribution in [0.15, 0.2) is 30.5 Å². The average Bonchev–Trinajstić information content (AvgIpc) is 3.71. The molecule has 0 spiro atoms. The van der Waals surface area contributed by atoms with Gasteiger partial charge in [-0.2, -0.15) is 0 Å². The predicted octanol–water partition coefficient (Wildman–Crippen LogP) is 6.29. The van der Waals surface area contributed by atoms with E-state index in [0.717, 1.165) is 44.2 Å². The van der Waals surface area contributed by atoms with E-state index in [1.807, 2.05) is 0 Å². The summed E-state index contributed by atoms with van der Waals surface area (Å²) in [7, 11) is 5.64. The topological polar surface area (TPSA) is 74.7 Å². The lowest BCUT2D eigenvalue weighted by molar-refractivity contribution is 0.0968. The quantitative estimate of drug-likeness (QED) is 0.363. The van der Waals surface area contributed by atoms with Gasteiger partial charge in [-0.15, -0.1) is 0 Å². The first kappa shape index (κ1) is 24.8. The summed E-state index contributed by atoms with van der Waals surface area (Å²) < 4.78 is 20.5. The molecule has 0 atom stereocenters. The fourth-order valence-corrected chi connectivity index (χ4v) is 5.38. The first-order valence-corrected chi connectivity index (χ1v) is 12.8. The molecule has 0 aliphatic heterocycles. The van der Waals surface area contributed by atoms with Crippen LogP contribution < -0.4 is 10.1 Å². The van der Waals surface area contributed by atoms with Gasteiger partial charge in [-0.05, 0) is 76.4 Å². The van der Waals surface area contributed by atoms with Gasteiger partial charge >= 0.3 is 0 Å². The van der Waals surface area contributed by atoms with Crippen molar-refractivity contribution >= 4 is 34.0 Å². The number of phenols is 1. The monoisotopic (exact) mass is 511 g/mol. The zero-order valence-electron chi connectivity index (χ0n) is 20.8. The zero-order chi connectivity index (χ0) is 25.6. The summed E-state index contributed by atoms with van der Waals surface area (Å²) >= 11 is 6.20. The number of methoxy groups -OCH3 is 1. The maximum atomic E-state index is 15.3. The molecule has 0 amide bonds. The van der Waals surface area contributed by atoms with Crippen LogP contribution in [0.3, 0.4) is 0 Å². The largest absolute Gasteiger partial charge is 0.503 e. The van der Waals surface area contributed by atoms with Gasteiger partial charge in [0.05, 0.1) is 28.9 Å². The number of anilines is 1. The number of hydrogen-bond donors (Lipinski definition) is 2. The number of aromatic hydroxyl groups is 1. The third kappa shape index (κ3) is 4.74. The molecule has 6 nitrogen and oxygen atoms in total. The fraction of sp³-hybridized carbons (Fsp3) is 0.429. The molecule has 0 saturated heterocycles. The Hall–Kier alpha value is -2.90. The van der Waals surface area contributed by atoms with Crippen LogP contribution in [-0.2, 0) is 0 Å². The first-order valence-electron chi connectivity index (χ1n) is 12.4. The van der Waals surface area contributed by atoms with Crippen molar-refractivity contribution in [3.63, 3.8) is 0 Å². The van der Waals surface area contributed by atoms with Gasteiger partial charge < -0.3 is 20.1 Å². The lowest BCUT2D eigenvalue weighted by Gasteiger charge is -2.34. The molecule has 2 fully saturated rings. The predicted molar refractivity (Wildman–Crippen MR) is 141 cm³/mol. The average molecular weight is 512 g/mol. The van der Waals surface area contributed by atoms with Gasteiger partial charge in [0.15, 0.2) is 17.3 Å². The Labute approximate surface area is 215 Å². The molecule has 3 aromatic rings. The summed E-state index contributed by atoms with van der Waals surface area (Å²) in [6, 6.07) is 6.93. The van der Waals surface area contributed by atoms with Gasteiger partial charge in [-0.3, -0.25) is 9.78 Å². The number of carbonyl (C=O) groups excluding carboxylic acids is 1.